The molecule has 10 heteroatoms. The van der Waals surface area contributed by atoms with Crippen LogP contribution in [0.4, 0.5) is 0 Å². The van der Waals surface area contributed by atoms with E-state index in [1.54, 1.807) is 12.1 Å². The van der Waals surface area contributed by atoms with Gasteiger partial charge in [-0.3, -0.25) is 9.79 Å². The Labute approximate surface area is 123 Å². The molecule has 102 valence electrons. The fraction of sp³-hybridized carbons (Fsp3) is 0.222. The van der Waals surface area contributed by atoms with Crippen LogP contribution in [0.25, 0.3) is 0 Å². The van der Waals surface area contributed by atoms with Gasteiger partial charge in [-0.2, -0.15) is 0 Å². The van der Waals surface area contributed by atoms with Crippen LogP contribution in [-0.2, 0) is 36.9 Å². The Morgan fingerprint density at radius 2 is 1.84 bits per heavy atom. The van der Waals surface area contributed by atoms with Crippen molar-refractivity contribution in [3.05, 3.63) is 29.8 Å². The number of hydrogen-bond donors (Lipinski definition) is 4. The van der Waals surface area contributed by atoms with E-state index in [9.17, 15) is 9.36 Å². The minimum atomic E-state index is -4.86. The molecule has 1 atom stereocenters. The Morgan fingerprint density at radius 1 is 1.37 bits per heavy atom. The van der Waals surface area contributed by atoms with E-state index in [-0.39, 0.29) is 12.2 Å². The van der Waals surface area contributed by atoms with Crippen LogP contribution in [0.15, 0.2) is 24.3 Å². The second-order valence-electron chi connectivity index (χ2n) is 3.38. The third kappa shape index (κ3) is 8.26. The van der Waals surface area contributed by atoms with E-state index in [0.29, 0.717) is 5.56 Å². The zero-order valence-corrected chi connectivity index (χ0v) is 14.5. The van der Waals surface area contributed by atoms with Crippen molar-refractivity contribution in [1.82, 2.24) is 0 Å². The summed E-state index contributed by atoms with van der Waals surface area (Å²) in [4.78, 5) is 28.0. The average Bonchev–Trinajstić information content (AvgIpc) is 2.32. The summed E-state index contributed by atoms with van der Waals surface area (Å²) in [6.45, 7) is 0. The van der Waals surface area contributed by atoms with Gasteiger partial charge in [0.1, 0.15) is 11.8 Å². The molecule has 0 radical (unpaired) electrons. The van der Waals surface area contributed by atoms with E-state index in [1.165, 1.54) is 12.1 Å². The summed E-state index contributed by atoms with van der Waals surface area (Å²) in [5, 5.41) is 9.03. The van der Waals surface area contributed by atoms with Crippen LogP contribution >= 0.6 is 17.9 Å². The number of phenolic OH excluding ortho intramolecular Hbond substituents is 1. The van der Waals surface area contributed by atoms with Gasteiger partial charge < -0.3 is 15.4 Å². The molecule has 1 rings (SSSR count). The van der Waals surface area contributed by atoms with Crippen LogP contribution in [0.5, 0.6) is 5.75 Å². The van der Waals surface area contributed by atoms with Crippen LogP contribution in [-0.4, -0.2) is 26.9 Å². The Kier molecular flexibility index (Phi) is 8.33. The molecule has 19 heavy (non-hydrogen) atoms. The second kappa shape index (κ2) is 8.58. The molecule has 1 aromatic rings. The van der Waals surface area contributed by atoms with Gasteiger partial charge in [-0.05, 0) is 24.1 Å². The molecule has 0 aliphatic heterocycles. The van der Waals surface area contributed by atoms with Crippen molar-refractivity contribution in [3.8, 4) is 5.75 Å². The van der Waals surface area contributed by atoms with Crippen LogP contribution in [0, 0.1) is 0 Å². The van der Waals surface area contributed by atoms with E-state index in [1.807, 2.05) is 0 Å². The first-order valence-corrected chi connectivity index (χ1v) is 10.6. The second-order valence-corrected chi connectivity index (χ2v) is 4.54. The van der Waals surface area contributed by atoms with Crippen LogP contribution in [0.2, 0.25) is 0 Å². The number of carbonyl (C=O) groups excluding carboxylic acids is 1. The zero-order chi connectivity index (χ0) is 15.1. The molecule has 0 aromatic heterocycles. The van der Waals surface area contributed by atoms with Crippen molar-refractivity contribution in [1.29, 1.82) is 0 Å². The van der Waals surface area contributed by atoms with Crippen molar-refractivity contribution in [2.45, 2.75) is 12.5 Å². The molecule has 0 saturated heterocycles. The molecule has 0 aliphatic carbocycles. The maximum absolute atomic E-state index is 11.1. The van der Waals surface area contributed by atoms with E-state index in [2.05, 4.69) is 14.6 Å². The van der Waals surface area contributed by atoms with Gasteiger partial charge in [-0.25, -0.2) is 9.36 Å². The molecule has 1 aromatic carbocycles. The number of phosphoric ester groups is 1. The summed E-state index contributed by atoms with van der Waals surface area (Å²) in [7, 11) is -0.650. The molecule has 7 nitrogen and oxygen atoms in total. The summed E-state index contributed by atoms with van der Waals surface area (Å²) in [5.74, 6) is -1.11. The SMILES string of the molecule is N[C@@H](Cc1ccc(O)cc1)C(=O)OP(=O)(O)O.[S]=[Zn]. The monoisotopic (exact) mass is 357 g/mol. The number of hydrogen-bond acceptors (Lipinski definition) is 6. The summed E-state index contributed by atoms with van der Waals surface area (Å²) < 4.78 is 14.3. The molecule has 0 fully saturated rings. The van der Waals surface area contributed by atoms with Crippen molar-refractivity contribution in [2.24, 2.45) is 5.73 Å². The quantitative estimate of drug-likeness (QED) is 0.453. The molecule has 0 bridgehead atoms. The molecule has 0 aliphatic rings. The van der Waals surface area contributed by atoms with E-state index >= 15 is 0 Å². The standard InChI is InChI=1S/C9H12NO6P.S.Zn/c10-8(9(12)16-17(13,14)15)5-6-1-3-7(11)4-2-6;;/h1-4,8,11H,5,10H2,(H2,13,14,15);;/t8-;;/m0../s1. The normalized spacial score (nSPS) is 12.1. The van der Waals surface area contributed by atoms with E-state index in [0.717, 1.165) is 16.6 Å². The summed E-state index contributed by atoms with van der Waals surface area (Å²) in [6.07, 6.45) is 0.0547. The molecular formula is C9H12NO6PSZn. The minimum absolute atomic E-state index is 0.0547. The van der Waals surface area contributed by atoms with Gasteiger partial charge in [0.25, 0.3) is 0 Å². The number of benzene rings is 1. The van der Waals surface area contributed by atoms with Gasteiger partial charge in [0.15, 0.2) is 0 Å². The van der Waals surface area contributed by atoms with E-state index < -0.39 is 19.8 Å². The van der Waals surface area contributed by atoms with Crippen LogP contribution < -0.4 is 5.73 Å². The first kappa shape index (κ1) is 18.4. The predicted octanol–water partition coefficient (Wildman–Crippen LogP) is 0.544. The number of aromatic hydroxyl groups is 1. The van der Waals surface area contributed by atoms with Crippen molar-refractivity contribution in [2.75, 3.05) is 0 Å². The van der Waals surface area contributed by atoms with Gasteiger partial charge in [-0.15, -0.1) is 0 Å². The van der Waals surface area contributed by atoms with Gasteiger partial charge in [0, 0.05) is 0 Å². The van der Waals surface area contributed by atoms with Crippen molar-refractivity contribution in [3.63, 3.8) is 0 Å². The molecule has 0 spiro atoms. The fourth-order valence-electron chi connectivity index (χ4n) is 1.15. The third-order valence-corrected chi connectivity index (χ3v) is 2.32. The number of carbonyl (C=O) groups is 1. The fourth-order valence-corrected chi connectivity index (χ4v) is 1.52. The third-order valence-electron chi connectivity index (χ3n) is 1.90. The summed E-state index contributed by atoms with van der Waals surface area (Å²) in [5.41, 5.74) is 6.05. The van der Waals surface area contributed by atoms with Crippen molar-refractivity contribution >= 4 is 23.9 Å². The van der Waals surface area contributed by atoms with Gasteiger partial charge in [0.2, 0.25) is 0 Å². The number of phenols is 1. The molecule has 5 N–H and O–H groups in total. The summed E-state index contributed by atoms with van der Waals surface area (Å²) >= 11 is 0.958. The Balaban J connectivity index is 0.00000154. The molecule has 0 heterocycles. The topological polar surface area (TPSA) is 130 Å². The van der Waals surface area contributed by atoms with E-state index in [4.69, 9.17) is 20.6 Å². The molecular weight excluding hydrogens is 347 g/mol. The number of rotatable bonds is 4. The first-order valence-electron chi connectivity index (χ1n) is 4.89. The first-order chi connectivity index (χ1) is 8.78. The Hall–Kier alpha value is -0.557. The predicted molar refractivity (Wildman–Crippen MR) is 65.5 cm³/mol. The van der Waals surface area contributed by atoms with Crippen LogP contribution in [0.1, 0.15) is 5.56 Å². The number of phosphoric acid groups is 1. The molecule has 0 unspecified atom stereocenters. The van der Waals surface area contributed by atoms with Crippen LogP contribution in [0.3, 0.4) is 0 Å². The molecule has 0 amide bonds. The molecule has 0 saturated carbocycles. The van der Waals surface area contributed by atoms with Gasteiger partial charge >= 0.3 is 40.5 Å². The Morgan fingerprint density at radius 3 is 2.26 bits per heavy atom. The maximum atomic E-state index is 11.1. The van der Waals surface area contributed by atoms with Gasteiger partial charge in [-0.1, -0.05) is 12.1 Å². The number of nitrogens with two attached hydrogens (primary N) is 1. The average molecular weight is 359 g/mol. The summed E-state index contributed by atoms with van der Waals surface area (Å²) in [6, 6.07) is 4.74. The van der Waals surface area contributed by atoms with Crippen molar-refractivity contribution < 1.29 is 45.3 Å². The van der Waals surface area contributed by atoms with Gasteiger partial charge in [0.05, 0.1) is 0 Å². The Bertz CT molecular complexity index is 464. The zero-order valence-electron chi connectivity index (χ0n) is 9.80.